The first-order valence-corrected chi connectivity index (χ1v) is 11.2. The second-order valence-corrected chi connectivity index (χ2v) is 7.64. The van der Waals surface area contributed by atoms with E-state index in [0.717, 1.165) is 13.1 Å². The Morgan fingerprint density at radius 2 is 1.77 bits per heavy atom. The smallest absolute Gasteiger partial charge is 0.338 e. The van der Waals surface area contributed by atoms with E-state index in [1.165, 1.54) is 16.7 Å². The monoisotopic (exact) mass is 499 g/mol. The van der Waals surface area contributed by atoms with Crippen LogP contribution in [0.4, 0.5) is 5.69 Å². The van der Waals surface area contributed by atoms with Crippen molar-refractivity contribution in [3.63, 3.8) is 0 Å². The maximum atomic E-state index is 13.0. The molecule has 35 heavy (non-hydrogen) atoms. The van der Waals surface area contributed by atoms with Crippen molar-refractivity contribution in [2.24, 2.45) is 0 Å². The molecule has 0 saturated heterocycles. The van der Waals surface area contributed by atoms with Crippen LogP contribution in [0.2, 0.25) is 0 Å². The van der Waals surface area contributed by atoms with E-state index >= 15 is 0 Å². The van der Waals surface area contributed by atoms with Crippen molar-refractivity contribution in [3.8, 4) is 5.75 Å². The van der Waals surface area contributed by atoms with Gasteiger partial charge >= 0.3 is 5.97 Å². The molecule has 3 aromatic rings. The van der Waals surface area contributed by atoms with Crippen molar-refractivity contribution < 1.29 is 19.4 Å². The molecule has 1 heterocycles. The summed E-state index contributed by atoms with van der Waals surface area (Å²) in [6.07, 6.45) is 1.55. The van der Waals surface area contributed by atoms with Crippen molar-refractivity contribution in [2.75, 3.05) is 31.6 Å². The number of carbonyl (C=O) groups excluding carboxylic acids is 2. The average Bonchev–Trinajstić information content (AvgIpc) is 2.85. The standard InChI is InChI=1S/C26H29N3O5.ClH/c1-4-15-29-21-10-8-7-9-20(21)23(30)22(25(29)32)24(31)27-19-13-11-18(12-14-19)26(33)34-17-16-28(5-2)6-3;/h4,7-14,30H,1,5-6,15-17H2,2-3H3,(H,27,31);1H. The first-order valence-electron chi connectivity index (χ1n) is 11.2. The number of fused-ring (bicyclic) bond motifs is 1. The highest BCUT2D eigenvalue weighted by molar-refractivity contribution is 6.09. The van der Waals surface area contributed by atoms with E-state index in [1.807, 2.05) is 13.8 Å². The lowest BCUT2D eigenvalue weighted by molar-refractivity contribution is 0.0466. The molecule has 0 atom stereocenters. The van der Waals surface area contributed by atoms with Gasteiger partial charge in [0.15, 0.2) is 0 Å². The van der Waals surface area contributed by atoms with Gasteiger partial charge in [-0.25, -0.2) is 4.79 Å². The molecule has 8 nitrogen and oxygen atoms in total. The minimum absolute atomic E-state index is 0. The number of esters is 1. The summed E-state index contributed by atoms with van der Waals surface area (Å²) in [6.45, 7) is 10.7. The van der Waals surface area contributed by atoms with Crippen LogP contribution in [0.3, 0.4) is 0 Å². The van der Waals surface area contributed by atoms with Gasteiger partial charge in [0.1, 0.15) is 17.9 Å². The van der Waals surface area contributed by atoms with Crippen LogP contribution in [0.25, 0.3) is 10.9 Å². The highest BCUT2D eigenvalue weighted by atomic mass is 35.5. The summed E-state index contributed by atoms with van der Waals surface area (Å²) < 4.78 is 6.69. The number of para-hydroxylation sites is 1. The summed E-state index contributed by atoms with van der Waals surface area (Å²) in [4.78, 5) is 40.3. The number of pyridine rings is 1. The topological polar surface area (TPSA) is 101 Å². The van der Waals surface area contributed by atoms with Crippen molar-refractivity contribution >= 4 is 40.9 Å². The van der Waals surface area contributed by atoms with Gasteiger partial charge in [-0.15, -0.1) is 19.0 Å². The lowest BCUT2D eigenvalue weighted by Gasteiger charge is -2.17. The molecular formula is C26H30ClN3O5. The van der Waals surface area contributed by atoms with E-state index in [2.05, 4.69) is 16.8 Å². The van der Waals surface area contributed by atoms with Gasteiger partial charge in [-0.1, -0.05) is 32.1 Å². The Morgan fingerprint density at radius 3 is 2.40 bits per heavy atom. The predicted molar refractivity (Wildman–Crippen MR) is 140 cm³/mol. The number of aromatic hydroxyl groups is 1. The van der Waals surface area contributed by atoms with Crippen LogP contribution >= 0.6 is 12.4 Å². The predicted octanol–water partition coefficient (Wildman–Crippen LogP) is 4.07. The minimum Gasteiger partial charge on any atom is -0.506 e. The highest BCUT2D eigenvalue weighted by Gasteiger charge is 2.22. The molecule has 0 fully saturated rings. The molecule has 0 aliphatic rings. The molecule has 3 rings (SSSR count). The number of hydrogen-bond acceptors (Lipinski definition) is 6. The summed E-state index contributed by atoms with van der Waals surface area (Å²) in [7, 11) is 0. The van der Waals surface area contributed by atoms with Gasteiger partial charge in [-0.3, -0.25) is 9.59 Å². The molecule has 0 aliphatic heterocycles. The van der Waals surface area contributed by atoms with Crippen LogP contribution in [0.1, 0.15) is 34.6 Å². The van der Waals surface area contributed by atoms with Gasteiger partial charge in [0.25, 0.3) is 11.5 Å². The van der Waals surface area contributed by atoms with Gasteiger partial charge in [0.05, 0.1) is 11.1 Å². The number of anilines is 1. The third-order valence-corrected chi connectivity index (χ3v) is 5.60. The molecule has 9 heteroatoms. The molecule has 186 valence electrons. The van der Waals surface area contributed by atoms with E-state index in [0.29, 0.717) is 28.7 Å². The number of halogens is 1. The molecule has 0 radical (unpaired) electrons. The fourth-order valence-electron chi connectivity index (χ4n) is 3.68. The quantitative estimate of drug-likeness (QED) is 0.322. The number of aromatic nitrogens is 1. The van der Waals surface area contributed by atoms with Crippen LogP contribution in [0.15, 0.2) is 66.0 Å². The Bertz CT molecular complexity index is 1250. The highest BCUT2D eigenvalue weighted by Crippen LogP contribution is 2.27. The van der Waals surface area contributed by atoms with Crippen molar-refractivity contribution in [3.05, 3.63) is 82.7 Å². The molecule has 1 aromatic heterocycles. The summed E-state index contributed by atoms with van der Waals surface area (Å²) >= 11 is 0. The summed E-state index contributed by atoms with van der Waals surface area (Å²) in [5, 5.41) is 13.7. The number of nitrogens with zero attached hydrogens (tertiary/aromatic N) is 2. The molecule has 0 aliphatic carbocycles. The third-order valence-electron chi connectivity index (χ3n) is 5.60. The molecule has 0 bridgehead atoms. The minimum atomic E-state index is -0.749. The second-order valence-electron chi connectivity index (χ2n) is 7.64. The Labute approximate surface area is 210 Å². The van der Waals surface area contributed by atoms with Crippen LogP contribution in [-0.4, -0.2) is 52.7 Å². The van der Waals surface area contributed by atoms with Crippen LogP contribution < -0.4 is 10.9 Å². The third kappa shape index (κ3) is 6.29. The van der Waals surface area contributed by atoms with E-state index in [9.17, 15) is 19.5 Å². The molecule has 0 saturated carbocycles. The number of nitrogens with one attached hydrogen (secondary N) is 1. The van der Waals surface area contributed by atoms with E-state index in [1.54, 1.807) is 42.5 Å². The largest absolute Gasteiger partial charge is 0.506 e. The summed E-state index contributed by atoms with van der Waals surface area (Å²) in [5.74, 6) is -1.59. The maximum Gasteiger partial charge on any atom is 0.338 e. The number of carbonyl (C=O) groups is 2. The van der Waals surface area contributed by atoms with Gasteiger partial charge in [0, 0.05) is 24.2 Å². The van der Waals surface area contributed by atoms with Crippen LogP contribution in [0, 0.1) is 0 Å². The van der Waals surface area contributed by atoms with Gasteiger partial charge < -0.3 is 24.6 Å². The average molecular weight is 500 g/mol. The second kappa shape index (κ2) is 12.7. The first-order chi connectivity index (χ1) is 16.4. The molecule has 2 N–H and O–H groups in total. The molecule has 0 unspecified atom stereocenters. The van der Waals surface area contributed by atoms with E-state index in [4.69, 9.17) is 4.74 Å². The van der Waals surface area contributed by atoms with Crippen molar-refractivity contribution in [1.29, 1.82) is 0 Å². The fourth-order valence-corrected chi connectivity index (χ4v) is 3.68. The lowest BCUT2D eigenvalue weighted by atomic mass is 10.1. The molecule has 1 amide bonds. The number of hydrogen-bond donors (Lipinski definition) is 2. The number of likely N-dealkylation sites (N-methyl/N-ethyl adjacent to an activating group) is 1. The van der Waals surface area contributed by atoms with Crippen LogP contribution in [0.5, 0.6) is 5.75 Å². The van der Waals surface area contributed by atoms with Crippen molar-refractivity contribution in [1.82, 2.24) is 9.47 Å². The Balaban J connectivity index is 0.00000432. The zero-order chi connectivity index (χ0) is 24.7. The zero-order valence-electron chi connectivity index (χ0n) is 19.8. The lowest BCUT2D eigenvalue weighted by Crippen LogP contribution is -2.29. The number of ether oxygens (including phenoxy) is 1. The first kappa shape index (κ1) is 27.6. The number of allylic oxidation sites excluding steroid dienone is 1. The maximum absolute atomic E-state index is 13.0. The zero-order valence-corrected chi connectivity index (χ0v) is 20.6. The van der Waals surface area contributed by atoms with Gasteiger partial charge in [0.2, 0.25) is 0 Å². The SMILES string of the molecule is C=CCn1c(=O)c(C(=O)Nc2ccc(C(=O)OCCN(CC)CC)cc2)c(O)c2ccccc21.Cl. The van der Waals surface area contributed by atoms with E-state index in [-0.39, 0.29) is 36.9 Å². The fraction of sp³-hybridized carbons (Fsp3) is 0.269. The normalized spacial score (nSPS) is 10.6. The number of amides is 1. The van der Waals surface area contributed by atoms with Gasteiger partial charge in [-0.05, 0) is 49.5 Å². The number of benzene rings is 2. The Hall–Kier alpha value is -3.62. The summed E-state index contributed by atoms with van der Waals surface area (Å²) in [6, 6.07) is 12.9. The summed E-state index contributed by atoms with van der Waals surface area (Å²) in [5.41, 5.74) is 0.235. The number of rotatable bonds is 10. The van der Waals surface area contributed by atoms with E-state index < -0.39 is 17.4 Å². The molecular weight excluding hydrogens is 470 g/mol. The Morgan fingerprint density at radius 1 is 1.11 bits per heavy atom. The molecule has 0 spiro atoms. The molecule has 2 aromatic carbocycles. The van der Waals surface area contributed by atoms with Crippen molar-refractivity contribution in [2.45, 2.75) is 20.4 Å². The van der Waals surface area contributed by atoms with Gasteiger partial charge in [-0.2, -0.15) is 0 Å². The van der Waals surface area contributed by atoms with Crippen LogP contribution in [-0.2, 0) is 11.3 Å². The Kier molecular flexibility index (Phi) is 10.1.